The zero-order valence-corrected chi connectivity index (χ0v) is 16.9. The van der Waals surface area contributed by atoms with E-state index < -0.39 is 5.97 Å². The number of carboxylic acids is 1. The number of ether oxygens (including phenoxy) is 1. The third-order valence-corrected chi connectivity index (χ3v) is 5.08. The molecule has 29 heavy (non-hydrogen) atoms. The van der Waals surface area contributed by atoms with Crippen LogP contribution in [0.25, 0.3) is 0 Å². The van der Waals surface area contributed by atoms with Crippen LogP contribution in [0.3, 0.4) is 0 Å². The van der Waals surface area contributed by atoms with E-state index >= 15 is 0 Å². The summed E-state index contributed by atoms with van der Waals surface area (Å²) >= 11 is 0. The van der Waals surface area contributed by atoms with E-state index in [1.54, 1.807) is 0 Å². The number of hydrazone groups is 1. The molecular weight excluding hydrogens is 372 g/mol. The SMILES string of the molecule is CCCNN=Cc1ccc(C2=NOC(CN3CCC(OCC(=O)O)CC3)C2)cc1. The molecule has 158 valence electrons. The number of aliphatic carboxylic acids is 1. The summed E-state index contributed by atoms with van der Waals surface area (Å²) in [5, 5.41) is 17.2. The standard InChI is InChI=1S/C21H30N4O4/c1-2-9-22-23-13-16-3-5-17(6-4-16)20-12-19(29-24-20)14-25-10-7-18(8-11-25)28-15-21(26)27/h3-6,13,18-19,22H,2,7-12,14-15H2,1H3,(H,26,27). The van der Waals surface area contributed by atoms with Crippen molar-refractivity contribution in [2.24, 2.45) is 10.3 Å². The molecule has 0 bridgehead atoms. The Morgan fingerprint density at radius 1 is 1.38 bits per heavy atom. The van der Waals surface area contributed by atoms with Crippen LogP contribution in [-0.4, -0.2) is 72.9 Å². The fraction of sp³-hybridized carbons (Fsp3) is 0.571. The molecule has 2 N–H and O–H groups in total. The number of oxime groups is 1. The smallest absolute Gasteiger partial charge is 0.329 e. The Hall–Kier alpha value is -2.45. The van der Waals surface area contributed by atoms with E-state index in [1.807, 2.05) is 18.3 Å². The highest BCUT2D eigenvalue weighted by Gasteiger charge is 2.27. The number of nitrogens with one attached hydrogen (secondary N) is 1. The van der Waals surface area contributed by atoms with Gasteiger partial charge in [0.05, 0.1) is 18.0 Å². The molecule has 0 saturated carbocycles. The maximum absolute atomic E-state index is 10.6. The fourth-order valence-electron chi connectivity index (χ4n) is 3.49. The maximum atomic E-state index is 10.6. The summed E-state index contributed by atoms with van der Waals surface area (Å²) in [5.74, 6) is -0.912. The van der Waals surface area contributed by atoms with Crippen molar-refractivity contribution in [2.75, 3.05) is 32.8 Å². The second-order valence-corrected chi connectivity index (χ2v) is 7.46. The predicted molar refractivity (Wildman–Crippen MR) is 111 cm³/mol. The van der Waals surface area contributed by atoms with Crippen molar-refractivity contribution in [1.82, 2.24) is 10.3 Å². The van der Waals surface area contributed by atoms with Crippen LogP contribution in [-0.2, 0) is 14.4 Å². The molecule has 0 aromatic heterocycles. The van der Waals surface area contributed by atoms with Gasteiger partial charge in [0, 0.05) is 32.6 Å². The predicted octanol–water partition coefficient (Wildman–Crippen LogP) is 2.08. The van der Waals surface area contributed by atoms with Gasteiger partial charge in [-0.1, -0.05) is 36.3 Å². The fourth-order valence-corrected chi connectivity index (χ4v) is 3.49. The van der Waals surface area contributed by atoms with Crippen molar-refractivity contribution in [3.05, 3.63) is 35.4 Å². The van der Waals surface area contributed by atoms with E-state index in [9.17, 15) is 4.79 Å². The highest BCUT2D eigenvalue weighted by Crippen LogP contribution is 2.20. The zero-order chi connectivity index (χ0) is 20.5. The molecule has 2 aliphatic rings. The second-order valence-electron chi connectivity index (χ2n) is 7.46. The Labute approximate surface area is 171 Å². The quantitative estimate of drug-likeness (QED) is 0.353. The number of piperidine rings is 1. The van der Waals surface area contributed by atoms with Gasteiger partial charge in [0.2, 0.25) is 0 Å². The van der Waals surface area contributed by atoms with Gasteiger partial charge in [-0.2, -0.15) is 5.10 Å². The van der Waals surface area contributed by atoms with Crippen LogP contribution in [0.5, 0.6) is 0 Å². The monoisotopic (exact) mass is 402 g/mol. The lowest BCUT2D eigenvalue weighted by Crippen LogP contribution is -2.41. The van der Waals surface area contributed by atoms with Crippen LogP contribution in [0, 0.1) is 0 Å². The van der Waals surface area contributed by atoms with Gasteiger partial charge in [0.1, 0.15) is 12.7 Å². The van der Waals surface area contributed by atoms with E-state index in [4.69, 9.17) is 14.7 Å². The van der Waals surface area contributed by atoms with Crippen molar-refractivity contribution in [2.45, 2.75) is 44.8 Å². The van der Waals surface area contributed by atoms with E-state index in [0.29, 0.717) is 0 Å². The van der Waals surface area contributed by atoms with Gasteiger partial charge in [0.25, 0.3) is 0 Å². The highest BCUT2D eigenvalue weighted by atomic mass is 16.6. The van der Waals surface area contributed by atoms with Gasteiger partial charge in [-0.15, -0.1) is 0 Å². The minimum Gasteiger partial charge on any atom is -0.480 e. The number of carboxylic acid groups (broad SMARTS) is 1. The van der Waals surface area contributed by atoms with Crippen LogP contribution in [0.15, 0.2) is 34.5 Å². The van der Waals surface area contributed by atoms with E-state index in [-0.39, 0.29) is 18.8 Å². The Kier molecular flexibility index (Phi) is 8.01. The largest absolute Gasteiger partial charge is 0.480 e. The summed E-state index contributed by atoms with van der Waals surface area (Å²) in [6, 6.07) is 8.17. The number of hydrogen-bond acceptors (Lipinski definition) is 7. The molecule has 1 saturated heterocycles. The molecule has 0 aliphatic carbocycles. The van der Waals surface area contributed by atoms with Gasteiger partial charge < -0.3 is 20.1 Å². The first-order valence-corrected chi connectivity index (χ1v) is 10.3. The highest BCUT2D eigenvalue weighted by molar-refractivity contribution is 6.01. The van der Waals surface area contributed by atoms with Crippen molar-refractivity contribution >= 4 is 17.9 Å². The number of rotatable bonds is 10. The molecule has 1 aromatic carbocycles. The minimum absolute atomic E-state index is 0.0397. The summed E-state index contributed by atoms with van der Waals surface area (Å²) < 4.78 is 5.39. The molecule has 1 fully saturated rings. The second kappa shape index (κ2) is 10.9. The molecule has 1 aromatic rings. The lowest BCUT2D eigenvalue weighted by Gasteiger charge is -2.32. The first-order chi connectivity index (χ1) is 14.1. The summed E-state index contributed by atoms with van der Waals surface area (Å²) in [6.45, 7) is 5.37. The Morgan fingerprint density at radius 2 is 2.14 bits per heavy atom. The zero-order valence-electron chi connectivity index (χ0n) is 16.9. The summed E-state index contributed by atoms with van der Waals surface area (Å²) in [7, 11) is 0. The minimum atomic E-state index is -0.912. The van der Waals surface area contributed by atoms with Crippen LogP contribution < -0.4 is 5.43 Å². The average molecular weight is 402 g/mol. The molecule has 1 atom stereocenters. The van der Waals surface area contributed by atoms with Crippen molar-refractivity contribution in [1.29, 1.82) is 0 Å². The van der Waals surface area contributed by atoms with Crippen molar-refractivity contribution in [3.63, 3.8) is 0 Å². The van der Waals surface area contributed by atoms with Gasteiger partial charge >= 0.3 is 5.97 Å². The Balaban J connectivity index is 1.40. The summed E-state index contributed by atoms with van der Waals surface area (Å²) in [6.07, 6.45) is 5.46. The van der Waals surface area contributed by atoms with Crippen LogP contribution in [0.2, 0.25) is 0 Å². The summed E-state index contributed by atoms with van der Waals surface area (Å²) in [5.41, 5.74) is 6.09. The lowest BCUT2D eigenvalue weighted by atomic mass is 10.0. The lowest BCUT2D eigenvalue weighted by molar-refractivity contribution is -0.145. The molecule has 8 nitrogen and oxygen atoms in total. The van der Waals surface area contributed by atoms with E-state index in [1.165, 1.54) is 0 Å². The summed E-state index contributed by atoms with van der Waals surface area (Å²) in [4.78, 5) is 18.6. The van der Waals surface area contributed by atoms with Crippen molar-refractivity contribution < 1.29 is 19.5 Å². The molecule has 0 spiro atoms. The molecule has 0 radical (unpaired) electrons. The third-order valence-electron chi connectivity index (χ3n) is 5.08. The van der Waals surface area contributed by atoms with E-state index in [2.05, 4.69) is 39.6 Å². The van der Waals surface area contributed by atoms with Crippen molar-refractivity contribution in [3.8, 4) is 0 Å². The molecule has 1 unspecified atom stereocenters. The van der Waals surface area contributed by atoms with Gasteiger partial charge in [-0.25, -0.2) is 4.79 Å². The third kappa shape index (κ3) is 6.83. The first-order valence-electron chi connectivity index (χ1n) is 10.3. The number of benzene rings is 1. The number of carbonyl (C=O) groups is 1. The molecule has 3 rings (SSSR count). The maximum Gasteiger partial charge on any atom is 0.329 e. The van der Waals surface area contributed by atoms with Crippen LogP contribution >= 0.6 is 0 Å². The molecule has 2 heterocycles. The van der Waals surface area contributed by atoms with Crippen LogP contribution in [0.1, 0.15) is 43.7 Å². The Bertz CT molecular complexity index is 712. The normalized spacial score (nSPS) is 20.6. The first kappa shape index (κ1) is 21.3. The van der Waals surface area contributed by atoms with Gasteiger partial charge in [-0.05, 0) is 30.4 Å². The molecule has 8 heteroatoms. The number of nitrogens with zero attached hydrogens (tertiary/aromatic N) is 3. The molecule has 2 aliphatic heterocycles. The average Bonchev–Trinajstić information content (AvgIpc) is 3.19. The van der Waals surface area contributed by atoms with Crippen LogP contribution in [0.4, 0.5) is 0 Å². The van der Waals surface area contributed by atoms with Gasteiger partial charge in [-0.3, -0.25) is 4.90 Å². The number of likely N-dealkylation sites (tertiary alicyclic amines) is 1. The van der Waals surface area contributed by atoms with Gasteiger partial charge in [0.15, 0.2) is 0 Å². The topological polar surface area (TPSA) is 95.8 Å². The van der Waals surface area contributed by atoms with E-state index in [0.717, 1.165) is 68.7 Å². The molecular formula is C21H30N4O4. The Morgan fingerprint density at radius 3 is 2.83 bits per heavy atom. The number of hydrogen-bond donors (Lipinski definition) is 2. The molecule has 0 amide bonds.